The summed E-state index contributed by atoms with van der Waals surface area (Å²) in [5.41, 5.74) is 2.36. The summed E-state index contributed by atoms with van der Waals surface area (Å²) in [6, 6.07) is 3.83. The molecule has 2 aromatic rings. The van der Waals surface area contributed by atoms with Gasteiger partial charge in [0.15, 0.2) is 6.10 Å². The Morgan fingerprint density at radius 2 is 2.03 bits per heavy atom. The zero-order chi connectivity index (χ0) is 21.8. The molecule has 2 heterocycles. The Morgan fingerprint density at radius 1 is 1.23 bits per heavy atom. The fraction of sp³-hybridized carbons (Fsp3) is 0.600. The Bertz CT molecular complexity index is 1090. The average molecular weight is 426 g/mol. The standard InChI is InChI=1S/C25H31NO5/c1-15-21(10-9-19-18-7-5-8-20(18)24(28)31-22(15)19)30-16(2)23(27)26-13-12-25(29)11-4-3-6-17(25)14-26/h9-10,16-17,29H,3-8,11-14H2,1-2H3/t16?,17-,25-/m0/s1. The van der Waals surface area contributed by atoms with Crippen molar-refractivity contribution in [1.82, 2.24) is 4.90 Å². The third-order valence-corrected chi connectivity index (χ3v) is 7.73. The number of rotatable bonds is 3. The number of benzene rings is 1. The van der Waals surface area contributed by atoms with E-state index < -0.39 is 11.7 Å². The first kappa shape index (κ1) is 20.6. The lowest BCUT2D eigenvalue weighted by Gasteiger charge is -2.47. The van der Waals surface area contributed by atoms with Crippen LogP contribution >= 0.6 is 0 Å². The van der Waals surface area contributed by atoms with Crippen LogP contribution in [0.5, 0.6) is 5.75 Å². The van der Waals surface area contributed by atoms with E-state index in [2.05, 4.69) is 0 Å². The minimum Gasteiger partial charge on any atom is -0.480 e. The molecule has 0 radical (unpaired) electrons. The van der Waals surface area contributed by atoms with E-state index in [4.69, 9.17) is 9.15 Å². The van der Waals surface area contributed by atoms with Crippen LogP contribution < -0.4 is 10.4 Å². The number of piperidine rings is 1. The molecule has 0 spiro atoms. The molecule has 1 aromatic carbocycles. The van der Waals surface area contributed by atoms with E-state index in [1.807, 2.05) is 24.0 Å². The molecule has 1 amide bonds. The molecule has 1 aromatic heterocycles. The average Bonchev–Trinajstić information content (AvgIpc) is 3.26. The van der Waals surface area contributed by atoms with Gasteiger partial charge in [0.1, 0.15) is 11.3 Å². The van der Waals surface area contributed by atoms with Gasteiger partial charge in [-0.2, -0.15) is 0 Å². The van der Waals surface area contributed by atoms with Gasteiger partial charge in [-0.25, -0.2) is 4.79 Å². The van der Waals surface area contributed by atoms with Crippen molar-refractivity contribution in [3.63, 3.8) is 0 Å². The quantitative estimate of drug-likeness (QED) is 0.762. The van der Waals surface area contributed by atoms with Gasteiger partial charge in [0.25, 0.3) is 5.91 Å². The zero-order valence-corrected chi connectivity index (χ0v) is 18.4. The van der Waals surface area contributed by atoms with Crippen LogP contribution in [-0.2, 0) is 17.6 Å². The molecule has 2 aliphatic carbocycles. The molecule has 1 N–H and O–H groups in total. The number of carbonyl (C=O) groups is 1. The van der Waals surface area contributed by atoms with E-state index in [0.29, 0.717) is 30.8 Å². The molecule has 6 heteroatoms. The van der Waals surface area contributed by atoms with Crippen molar-refractivity contribution in [1.29, 1.82) is 0 Å². The molecular formula is C25H31NO5. The smallest absolute Gasteiger partial charge is 0.339 e. The van der Waals surface area contributed by atoms with Crippen LogP contribution in [0.15, 0.2) is 21.3 Å². The van der Waals surface area contributed by atoms with E-state index in [9.17, 15) is 14.7 Å². The fourth-order valence-corrected chi connectivity index (χ4v) is 5.86. The van der Waals surface area contributed by atoms with Crippen molar-refractivity contribution in [3.05, 3.63) is 39.2 Å². The predicted octanol–water partition coefficient (Wildman–Crippen LogP) is 3.51. The van der Waals surface area contributed by atoms with Gasteiger partial charge in [-0.1, -0.05) is 12.8 Å². The van der Waals surface area contributed by atoms with Gasteiger partial charge in [-0.15, -0.1) is 0 Å². The number of amides is 1. The maximum Gasteiger partial charge on any atom is 0.339 e. The molecule has 1 aliphatic heterocycles. The van der Waals surface area contributed by atoms with Crippen LogP contribution in [0.25, 0.3) is 11.0 Å². The molecule has 3 atom stereocenters. The normalized spacial score (nSPS) is 26.4. The van der Waals surface area contributed by atoms with Crippen LogP contribution in [0.3, 0.4) is 0 Å². The summed E-state index contributed by atoms with van der Waals surface area (Å²) in [5, 5.41) is 11.9. The van der Waals surface area contributed by atoms with Crippen LogP contribution in [0.1, 0.15) is 62.1 Å². The monoisotopic (exact) mass is 425 g/mol. The van der Waals surface area contributed by atoms with E-state index >= 15 is 0 Å². The van der Waals surface area contributed by atoms with E-state index in [-0.39, 0.29) is 17.5 Å². The minimum absolute atomic E-state index is 0.0532. The molecule has 31 heavy (non-hydrogen) atoms. The van der Waals surface area contributed by atoms with Crippen molar-refractivity contribution in [2.24, 2.45) is 5.92 Å². The van der Waals surface area contributed by atoms with E-state index in [1.54, 1.807) is 6.92 Å². The number of nitrogens with zero attached hydrogens (tertiary/aromatic N) is 1. The van der Waals surface area contributed by atoms with Crippen molar-refractivity contribution >= 4 is 16.9 Å². The number of hydrogen-bond donors (Lipinski definition) is 1. The second-order valence-electron chi connectivity index (χ2n) is 9.61. The van der Waals surface area contributed by atoms with Crippen LogP contribution in [0.4, 0.5) is 0 Å². The van der Waals surface area contributed by atoms with Crippen molar-refractivity contribution in [2.45, 2.75) is 76.9 Å². The molecular weight excluding hydrogens is 394 g/mol. The summed E-state index contributed by atoms with van der Waals surface area (Å²) >= 11 is 0. The molecule has 5 rings (SSSR count). The van der Waals surface area contributed by atoms with Crippen molar-refractivity contribution in [3.8, 4) is 5.75 Å². The number of fused-ring (bicyclic) bond motifs is 4. The number of aliphatic hydroxyl groups is 1. The fourth-order valence-electron chi connectivity index (χ4n) is 5.86. The maximum absolute atomic E-state index is 13.1. The third-order valence-electron chi connectivity index (χ3n) is 7.73. The highest BCUT2D eigenvalue weighted by Crippen LogP contribution is 2.40. The van der Waals surface area contributed by atoms with Gasteiger partial charge >= 0.3 is 5.63 Å². The molecule has 1 unspecified atom stereocenters. The van der Waals surface area contributed by atoms with Gasteiger partial charge in [-0.3, -0.25) is 4.79 Å². The van der Waals surface area contributed by atoms with Gasteiger partial charge < -0.3 is 19.2 Å². The summed E-state index contributed by atoms with van der Waals surface area (Å²) in [6.07, 6.45) is 6.66. The molecule has 1 saturated heterocycles. The topological polar surface area (TPSA) is 80.0 Å². The van der Waals surface area contributed by atoms with E-state index in [0.717, 1.165) is 67.0 Å². The lowest BCUT2D eigenvalue weighted by molar-refractivity contribution is -0.149. The molecule has 2 fully saturated rings. The number of carbonyl (C=O) groups excluding carboxylic acids is 1. The summed E-state index contributed by atoms with van der Waals surface area (Å²) in [7, 11) is 0. The maximum atomic E-state index is 13.1. The van der Waals surface area contributed by atoms with Crippen LogP contribution in [0, 0.1) is 12.8 Å². The number of hydrogen-bond acceptors (Lipinski definition) is 5. The number of ether oxygens (including phenoxy) is 1. The van der Waals surface area contributed by atoms with Crippen molar-refractivity contribution in [2.75, 3.05) is 13.1 Å². The Labute approximate surface area is 182 Å². The summed E-state index contributed by atoms with van der Waals surface area (Å²) in [5.74, 6) is 0.674. The highest BCUT2D eigenvalue weighted by Gasteiger charge is 2.44. The highest BCUT2D eigenvalue weighted by atomic mass is 16.5. The van der Waals surface area contributed by atoms with Gasteiger partial charge in [0.2, 0.25) is 0 Å². The Kier molecular flexibility index (Phi) is 5.08. The van der Waals surface area contributed by atoms with Crippen LogP contribution in [0.2, 0.25) is 0 Å². The summed E-state index contributed by atoms with van der Waals surface area (Å²) in [6.45, 7) is 4.81. The SMILES string of the molecule is Cc1c(OC(C)C(=O)N2CC[C@@]3(O)CCCC[C@H]3C2)ccc2c3c(c(=O)oc12)CCC3. The van der Waals surface area contributed by atoms with Crippen LogP contribution in [-0.4, -0.2) is 40.7 Å². The number of likely N-dealkylation sites (tertiary alicyclic amines) is 1. The summed E-state index contributed by atoms with van der Waals surface area (Å²) in [4.78, 5) is 27.3. The molecule has 3 aliphatic rings. The van der Waals surface area contributed by atoms with Crippen molar-refractivity contribution < 1.29 is 19.1 Å². The first-order valence-electron chi connectivity index (χ1n) is 11.6. The zero-order valence-electron chi connectivity index (χ0n) is 18.4. The second-order valence-corrected chi connectivity index (χ2v) is 9.61. The largest absolute Gasteiger partial charge is 0.480 e. The molecule has 166 valence electrons. The highest BCUT2D eigenvalue weighted by molar-refractivity contribution is 5.87. The van der Waals surface area contributed by atoms with Gasteiger partial charge in [0, 0.05) is 35.5 Å². The number of aryl methyl sites for hydroxylation is 2. The Morgan fingerprint density at radius 3 is 2.87 bits per heavy atom. The minimum atomic E-state index is -0.646. The lowest BCUT2D eigenvalue weighted by atomic mass is 9.71. The third kappa shape index (κ3) is 3.45. The Hall–Kier alpha value is -2.34. The predicted molar refractivity (Wildman–Crippen MR) is 117 cm³/mol. The molecule has 1 saturated carbocycles. The first-order valence-corrected chi connectivity index (χ1v) is 11.6. The lowest BCUT2D eigenvalue weighted by Crippen LogP contribution is -2.56. The first-order chi connectivity index (χ1) is 14.9. The van der Waals surface area contributed by atoms with Gasteiger partial charge in [-0.05, 0) is 70.1 Å². The molecule has 6 nitrogen and oxygen atoms in total. The molecule has 0 bridgehead atoms. The Balaban J connectivity index is 1.35. The van der Waals surface area contributed by atoms with E-state index in [1.165, 1.54) is 0 Å². The second kappa shape index (κ2) is 7.66. The van der Waals surface area contributed by atoms with Gasteiger partial charge in [0.05, 0.1) is 5.60 Å². The summed E-state index contributed by atoms with van der Waals surface area (Å²) < 4.78 is 11.7.